The molecular weight excluding hydrogens is 336 g/mol. The first-order valence-electron chi connectivity index (χ1n) is 7.97. The van der Waals surface area contributed by atoms with E-state index in [1.165, 1.54) is 0 Å². The van der Waals surface area contributed by atoms with Gasteiger partial charge in [-0.1, -0.05) is 5.16 Å². The fourth-order valence-electron chi connectivity index (χ4n) is 2.16. The number of carbonyl (C=O) groups excluding carboxylic acids is 1. The summed E-state index contributed by atoms with van der Waals surface area (Å²) in [5.74, 6) is 1.76. The first kappa shape index (κ1) is 17.4. The molecule has 1 aromatic carbocycles. The van der Waals surface area contributed by atoms with Gasteiger partial charge in [0, 0.05) is 18.0 Å². The third-order valence-corrected chi connectivity index (χ3v) is 3.56. The second-order valence-corrected chi connectivity index (χ2v) is 5.40. The van der Waals surface area contributed by atoms with E-state index >= 15 is 0 Å². The number of hydrogen-bond donors (Lipinski definition) is 1. The number of nitrogens with one attached hydrogen (secondary N) is 1. The molecule has 3 rings (SSSR count). The van der Waals surface area contributed by atoms with Crippen LogP contribution in [0.15, 0.2) is 53.3 Å². The molecular formula is C18H18N4O4. The zero-order valence-electron chi connectivity index (χ0n) is 14.4. The van der Waals surface area contributed by atoms with Gasteiger partial charge in [-0.2, -0.15) is 4.98 Å². The third-order valence-electron chi connectivity index (χ3n) is 3.56. The maximum atomic E-state index is 12.2. The number of hydrogen-bond acceptors (Lipinski definition) is 7. The molecule has 0 saturated carbocycles. The first-order chi connectivity index (χ1) is 12.7. The van der Waals surface area contributed by atoms with Crippen LogP contribution >= 0.6 is 0 Å². The molecule has 0 aliphatic heterocycles. The molecule has 8 heteroatoms. The maximum Gasteiger partial charge on any atom is 0.261 e. The predicted molar refractivity (Wildman–Crippen MR) is 92.5 cm³/mol. The average molecular weight is 354 g/mol. The van der Waals surface area contributed by atoms with Crippen LogP contribution in [0.5, 0.6) is 11.5 Å². The summed E-state index contributed by atoms with van der Waals surface area (Å²) in [7, 11) is 1.59. The van der Waals surface area contributed by atoms with Gasteiger partial charge < -0.3 is 19.3 Å². The Hall–Kier alpha value is -3.42. The van der Waals surface area contributed by atoms with Crippen molar-refractivity contribution in [3.05, 3.63) is 54.7 Å². The van der Waals surface area contributed by atoms with Gasteiger partial charge in [0.25, 0.3) is 5.91 Å². The topological polar surface area (TPSA) is 99.4 Å². The monoisotopic (exact) mass is 354 g/mol. The molecule has 134 valence electrons. The molecule has 1 atom stereocenters. The normalized spacial score (nSPS) is 11.6. The number of pyridine rings is 1. The summed E-state index contributed by atoms with van der Waals surface area (Å²) in [6.07, 6.45) is 2.61. The number of rotatable bonds is 7. The van der Waals surface area contributed by atoms with E-state index in [0.717, 1.165) is 11.3 Å². The number of nitrogens with zero attached hydrogens (tertiary/aromatic N) is 3. The Balaban J connectivity index is 1.52. The van der Waals surface area contributed by atoms with E-state index in [2.05, 4.69) is 20.4 Å². The number of aromatic nitrogens is 3. The van der Waals surface area contributed by atoms with Crippen LogP contribution in [-0.4, -0.2) is 34.2 Å². The van der Waals surface area contributed by atoms with Crippen LogP contribution in [0.1, 0.15) is 12.8 Å². The van der Waals surface area contributed by atoms with Crippen LogP contribution in [0.25, 0.3) is 11.4 Å². The van der Waals surface area contributed by atoms with Crippen molar-refractivity contribution in [3.8, 4) is 22.9 Å². The van der Waals surface area contributed by atoms with Crippen molar-refractivity contribution < 1.29 is 18.8 Å². The molecule has 0 radical (unpaired) electrons. The second-order valence-electron chi connectivity index (χ2n) is 5.40. The van der Waals surface area contributed by atoms with E-state index in [4.69, 9.17) is 14.0 Å². The fourth-order valence-corrected chi connectivity index (χ4v) is 2.16. The lowest BCUT2D eigenvalue weighted by Gasteiger charge is -2.14. The standard InChI is InChI=1S/C18H18N4O4/c1-12(25-15-5-3-14(24-2)4-6-15)18(23)20-11-16-21-17(22-26-16)13-7-9-19-10-8-13/h3-10,12H,11H2,1-2H3,(H,20,23). The van der Waals surface area contributed by atoms with Crippen molar-refractivity contribution in [3.63, 3.8) is 0 Å². The quantitative estimate of drug-likeness (QED) is 0.694. The van der Waals surface area contributed by atoms with E-state index < -0.39 is 6.10 Å². The molecule has 1 unspecified atom stereocenters. The molecule has 1 amide bonds. The molecule has 0 spiro atoms. The van der Waals surface area contributed by atoms with Gasteiger partial charge in [0.2, 0.25) is 11.7 Å². The largest absolute Gasteiger partial charge is 0.497 e. The zero-order valence-corrected chi connectivity index (χ0v) is 14.4. The summed E-state index contributed by atoms with van der Waals surface area (Å²) in [5.41, 5.74) is 0.789. The van der Waals surface area contributed by atoms with Crippen molar-refractivity contribution in [2.45, 2.75) is 19.6 Å². The van der Waals surface area contributed by atoms with Gasteiger partial charge in [-0.25, -0.2) is 0 Å². The van der Waals surface area contributed by atoms with E-state index in [-0.39, 0.29) is 12.5 Å². The van der Waals surface area contributed by atoms with Crippen molar-refractivity contribution in [2.24, 2.45) is 0 Å². The molecule has 2 aromatic heterocycles. The molecule has 1 N–H and O–H groups in total. The van der Waals surface area contributed by atoms with Gasteiger partial charge in [-0.15, -0.1) is 0 Å². The van der Waals surface area contributed by atoms with Gasteiger partial charge in [0.15, 0.2) is 6.10 Å². The smallest absolute Gasteiger partial charge is 0.261 e. The number of ether oxygens (including phenoxy) is 2. The van der Waals surface area contributed by atoms with Gasteiger partial charge in [0.05, 0.1) is 13.7 Å². The second kappa shape index (κ2) is 8.11. The summed E-state index contributed by atoms with van der Waals surface area (Å²) in [5, 5.41) is 6.59. The van der Waals surface area contributed by atoms with Crippen LogP contribution in [0.3, 0.4) is 0 Å². The Kier molecular flexibility index (Phi) is 5.43. The zero-order chi connectivity index (χ0) is 18.4. The van der Waals surface area contributed by atoms with Gasteiger partial charge in [0.1, 0.15) is 11.5 Å². The van der Waals surface area contributed by atoms with Crippen LogP contribution in [0.2, 0.25) is 0 Å². The van der Waals surface area contributed by atoms with Gasteiger partial charge in [-0.05, 0) is 43.3 Å². The summed E-state index contributed by atoms with van der Waals surface area (Å²) in [4.78, 5) is 20.3. The minimum atomic E-state index is -0.675. The molecule has 0 aliphatic carbocycles. The van der Waals surface area contributed by atoms with Crippen LogP contribution in [-0.2, 0) is 11.3 Å². The third kappa shape index (κ3) is 4.35. The fraction of sp³-hybridized carbons (Fsp3) is 0.222. The molecule has 3 aromatic rings. The average Bonchev–Trinajstić information content (AvgIpc) is 3.16. The predicted octanol–water partition coefficient (Wildman–Crippen LogP) is 2.22. The number of benzene rings is 1. The van der Waals surface area contributed by atoms with Crippen LogP contribution < -0.4 is 14.8 Å². The Labute approximate surface area is 150 Å². The lowest BCUT2D eigenvalue weighted by molar-refractivity contribution is -0.127. The lowest BCUT2D eigenvalue weighted by atomic mass is 10.2. The highest BCUT2D eigenvalue weighted by molar-refractivity contribution is 5.80. The molecule has 0 saturated heterocycles. The number of carbonyl (C=O) groups is 1. The van der Waals surface area contributed by atoms with E-state index in [9.17, 15) is 4.79 Å². The highest BCUT2D eigenvalue weighted by Gasteiger charge is 2.16. The van der Waals surface area contributed by atoms with Crippen molar-refractivity contribution in [1.82, 2.24) is 20.4 Å². The SMILES string of the molecule is COc1ccc(OC(C)C(=O)NCc2nc(-c3ccncc3)no2)cc1. The Bertz CT molecular complexity index is 849. The summed E-state index contributed by atoms with van der Waals surface area (Å²) in [6, 6.07) is 10.6. The van der Waals surface area contributed by atoms with E-state index in [1.54, 1.807) is 62.8 Å². The van der Waals surface area contributed by atoms with E-state index in [0.29, 0.717) is 17.5 Å². The van der Waals surface area contributed by atoms with Crippen molar-refractivity contribution >= 4 is 5.91 Å². The Morgan fingerprint density at radius 1 is 1.15 bits per heavy atom. The van der Waals surface area contributed by atoms with Crippen molar-refractivity contribution in [2.75, 3.05) is 7.11 Å². The van der Waals surface area contributed by atoms with E-state index in [1.807, 2.05) is 0 Å². The highest BCUT2D eigenvalue weighted by atomic mass is 16.5. The van der Waals surface area contributed by atoms with Gasteiger partial charge >= 0.3 is 0 Å². The Morgan fingerprint density at radius 2 is 1.85 bits per heavy atom. The van der Waals surface area contributed by atoms with Crippen molar-refractivity contribution in [1.29, 1.82) is 0 Å². The van der Waals surface area contributed by atoms with Crippen LogP contribution in [0.4, 0.5) is 0 Å². The number of amides is 1. The summed E-state index contributed by atoms with van der Waals surface area (Å²) < 4.78 is 15.8. The summed E-state index contributed by atoms with van der Waals surface area (Å²) in [6.45, 7) is 1.78. The van der Waals surface area contributed by atoms with Gasteiger partial charge in [-0.3, -0.25) is 9.78 Å². The summed E-state index contributed by atoms with van der Waals surface area (Å²) >= 11 is 0. The Morgan fingerprint density at radius 3 is 2.54 bits per heavy atom. The highest BCUT2D eigenvalue weighted by Crippen LogP contribution is 2.18. The maximum absolute atomic E-state index is 12.2. The first-order valence-corrected chi connectivity index (χ1v) is 7.97. The minimum Gasteiger partial charge on any atom is -0.497 e. The number of methoxy groups -OCH3 is 1. The molecule has 0 aliphatic rings. The lowest BCUT2D eigenvalue weighted by Crippen LogP contribution is -2.35. The molecule has 0 bridgehead atoms. The van der Waals surface area contributed by atoms with Crippen LogP contribution in [0, 0.1) is 0 Å². The minimum absolute atomic E-state index is 0.118. The molecule has 2 heterocycles. The molecule has 0 fully saturated rings. The molecule has 26 heavy (non-hydrogen) atoms. The molecule has 8 nitrogen and oxygen atoms in total.